The third-order valence-corrected chi connectivity index (χ3v) is 14.9. The fourth-order valence-corrected chi connectivity index (χ4v) is 17.1. The summed E-state index contributed by atoms with van der Waals surface area (Å²) in [6, 6.07) is 0. The highest BCUT2D eigenvalue weighted by atomic mass is 16.7. The summed E-state index contributed by atoms with van der Waals surface area (Å²) in [5.74, 6) is 2.35. The molecule has 8 unspecified atom stereocenters. The van der Waals surface area contributed by atoms with Crippen molar-refractivity contribution in [3.8, 4) is 0 Å². The number of rotatable bonds is 4. The van der Waals surface area contributed by atoms with Gasteiger partial charge < -0.3 is 18.9 Å². The molecule has 0 aromatic heterocycles. The van der Waals surface area contributed by atoms with Crippen molar-refractivity contribution in [3.63, 3.8) is 0 Å². The zero-order valence-corrected chi connectivity index (χ0v) is 17.4. The molecule has 156 valence electrons. The Kier molecular flexibility index (Phi) is 1.59. The standard InChI is InChI=1S/C24H24O6/c1-27-23(28-2)15-7-8-16(23)20-10-6-5-9(13(10)25)19(15,20)21-11(5)14(26)12(6)22(20,21)18(8)24(29-3,30-4)17(7)21/h5-12,15-18H,1-4H3. The SMILES string of the molecule is COC1(OC)C2C3C4C1C15C6C(=O)C7C8C6C6C(=O)C8C8(C3C(OC)(OC)C4C618)C725. The lowest BCUT2D eigenvalue weighted by Gasteiger charge is -2.72. The minimum absolute atomic E-state index is 0.0680. The quantitative estimate of drug-likeness (QED) is 0.635. The van der Waals surface area contributed by atoms with Gasteiger partial charge in [0.1, 0.15) is 11.6 Å². The lowest BCUT2D eigenvalue weighted by molar-refractivity contribution is -0.297. The molecule has 0 amide bonds. The van der Waals surface area contributed by atoms with Crippen LogP contribution in [0.25, 0.3) is 0 Å². The summed E-state index contributed by atoms with van der Waals surface area (Å²) in [6.45, 7) is 0. The predicted octanol–water partition coefficient (Wildman–Crippen LogP) is 0.592. The van der Waals surface area contributed by atoms with E-state index in [0.29, 0.717) is 35.2 Å². The van der Waals surface area contributed by atoms with Crippen LogP contribution < -0.4 is 0 Å². The second-order valence-electron chi connectivity index (χ2n) is 12.7. The number of methoxy groups -OCH3 is 4. The van der Waals surface area contributed by atoms with Gasteiger partial charge in [0.05, 0.1) is 0 Å². The molecule has 0 aromatic rings. The molecule has 13 fully saturated rings. The van der Waals surface area contributed by atoms with Crippen LogP contribution in [0.1, 0.15) is 0 Å². The molecule has 13 rings (SSSR count). The van der Waals surface area contributed by atoms with Crippen LogP contribution in [-0.4, -0.2) is 51.6 Å². The zero-order valence-electron chi connectivity index (χ0n) is 17.4. The highest BCUT2D eigenvalue weighted by molar-refractivity contribution is 6.08. The number of carbonyl (C=O) groups is 2. The van der Waals surface area contributed by atoms with E-state index in [9.17, 15) is 9.59 Å². The maximum absolute atomic E-state index is 14.0. The maximum atomic E-state index is 14.0. The number of ether oxygens (including phenoxy) is 4. The van der Waals surface area contributed by atoms with Crippen LogP contribution in [0.5, 0.6) is 0 Å². The van der Waals surface area contributed by atoms with Crippen molar-refractivity contribution in [1.82, 2.24) is 0 Å². The molecule has 0 radical (unpaired) electrons. The van der Waals surface area contributed by atoms with E-state index in [2.05, 4.69) is 0 Å². The maximum Gasteiger partial charge on any atom is 0.174 e. The van der Waals surface area contributed by atoms with Gasteiger partial charge >= 0.3 is 0 Å². The van der Waals surface area contributed by atoms with Crippen LogP contribution in [0.3, 0.4) is 0 Å². The summed E-state index contributed by atoms with van der Waals surface area (Å²) < 4.78 is 25.6. The molecular weight excluding hydrogens is 384 g/mol. The minimum Gasteiger partial charge on any atom is -0.353 e. The van der Waals surface area contributed by atoms with Crippen molar-refractivity contribution in [2.24, 2.45) is 92.7 Å². The topological polar surface area (TPSA) is 71.1 Å². The minimum atomic E-state index is -0.597. The van der Waals surface area contributed by atoms with Crippen molar-refractivity contribution >= 4 is 11.6 Å². The largest absolute Gasteiger partial charge is 0.353 e. The van der Waals surface area contributed by atoms with E-state index >= 15 is 0 Å². The Morgan fingerprint density at radius 2 is 0.767 bits per heavy atom. The molecule has 6 nitrogen and oxygen atoms in total. The Labute approximate surface area is 173 Å². The molecule has 4 spiro atoms. The molecule has 0 N–H and O–H groups in total. The predicted molar refractivity (Wildman–Crippen MR) is 95.1 cm³/mol. The first-order valence-corrected chi connectivity index (χ1v) is 11.8. The fraction of sp³-hybridized carbons (Fsp3) is 0.917. The first-order chi connectivity index (χ1) is 14.5. The molecule has 13 aliphatic rings. The van der Waals surface area contributed by atoms with Crippen LogP contribution >= 0.6 is 0 Å². The second-order valence-corrected chi connectivity index (χ2v) is 12.7. The van der Waals surface area contributed by atoms with Crippen LogP contribution in [-0.2, 0) is 28.5 Å². The van der Waals surface area contributed by atoms with Crippen molar-refractivity contribution in [2.45, 2.75) is 11.6 Å². The van der Waals surface area contributed by atoms with Crippen LogP contribution in [0.2, 0.25) is 0 Å². The van der Waals surface area contributed by atoms with Gasteiger partial charge in [-0.05, 0) is 23.7 Å². The third kappa shape index (κ3) is 0.607. The molecule has 8 bridgehead atoms. The van der Waals surface area contributed by atoms with Crippen molar-refractivity contribution < 1.29 is 28.5 Å². The van der Waals surface area contributed by atoms with E-state index in [4.69, 9.17) is 18.9 Å². The van der Waals surface area contributed by atoms with Gasteiger partial charge in [-0.3, -0.25) is 9.59 Å². The molecule has 0 heterocycles. The highest BCUT2D eigenvalue weighted by Crippen LogP contribution is 3.23. The fourth-order valence-electron chi connectivity index (χ4n) is 17.1. The normalized spacial score (nSPS) is 79.7. The Balaban J connectivity index is 1.42. The molecule has 0 aliphatic heterocycles. The van der Waals surface area contributed by atoms with E-state index < -0.39 is 11.6 Å². The summed E-state index contributed by atoms with van der Waals surface area (Å²) >= 11 is 0. The van der Waals surface area contributed by atoms with Crippen molar-refractivity contribution in [1.29, 1.82) is 0 Å². The van der Waals surface area contributed by atoms with E-state index in [1.54, 1.807) is 0 Å². The van der Waals surface area contributed by atoms with E-state index in [1.807, 2.05) is 28.4 Å². The molecule has 13 aliphatic carbocycles. The van der Waals surface area contributed by atoms with Crippen LogP contribution in [0, 0.1) is 92.7 Å². The van der Waals surface area contributed by atoms with Gasteiger partial charge in [0.2, 0.25) is 0 Å². The van der Waals surface area contributed by atoms with Crippen molar-refractivity contribution in [2.75, 3.05) is 28.4 Å². The molecule has 6 heteroatoms. The van der Waals surface area contributed by atoms with E-state index in [-0.39, 0.29) is 69.0 Å². The van der Waals surface area contributed by atoms with Gasteiger partial charge in [0.15, 0.2) is 11.6 Å². The average molecular weight is 408 g/mol. The first kappa shape index (κ1) is 15.1. The van der Waals surface area contributed by atoms with Gasteiger partial charge in [0.25, 0.3) is 0 Å². The van der Waals surface area contributed by atoms with Crippen molar-refractivity contribution in [3.05, 3.63) is 0 Å². The molecule has 13 saturated carbocycles. The molecule has 8 atom stereocenters. The monoisotopic (exact) mass is 408 g/mol. The van der Waals surface area contributed by atoms with Gasteiger partial charge in [-0.15, -0.1) is 0 Å². The number of ketones is 2. The van der Waals surface area contributed by atoms with Gasteiger partial charge in [0, 0.05) is 97.4 Å². The molecule has 30 heavy (non-hydrogen) atoms. The Bertz CT molecular complexity index is 963. The van der Waals surface area contributed by atoms with E-state index in [1.165, 1.54) is 0 Å². The molecule has 0 saturated heterocycles. The second kappa shape index (κ2) is 3.16. The summed E-state index contributed by atoms with van der Waals surface area (Å²) in [4.78, 5) is 27.9. The number of hydrogen-bond acceptors (Lipinski definition) is 6. The van der Waals surface area contributed by atoms with E-state index in [0.717, 1.165) is 0 Å². The summed E-state index contributed by atoms with van der Waals surface area (Å²) in [6.07, 6.45) is 0. The molecular formula is C24H24O6. The van der Waals surface area contributed by atoms with Gasteiger partial charge in [-0.25, -0.2) is 0 Å². The number of Topliss-reactive ketones (excluding diaryl/α,β-unsaturated/α-hetero) is 2. The lowest BCUT2D eigenvalue weighted by atomic mass is 9.28. The third-order valence-electron chi connectivity index (χ3n) is 14.9. The summed E-state index contributed by atoms with van der Waals surface area (Å²) in [5.41, 5.74) is -0.371. The zero-order chi connectivity index (χ0) is 19.9. The Morgan fingerprint density at radius 1 is 0.500 bits per heavy atom. The Morgan fingerprint density at radius 3 is 1.00 bits per heavy atom. The molecule has 0 aromatic carbocycles. The first-order valence-electron chi connectivity index (χ1n) is 11.8. The van der Waals surface area contributed by atoms with Crippen LogP contribution in [0.4, 0.5) is 0 Å². The summed E-state index contributed by atoms with van der Waals surface area (Å²) in [7, 11) is 7.29. The highest BCUT2D eigenvalue weighted by Gasteiger charge is 3.27. The number of hydrogen-bond donors (Lipinski definition) is 0. The van der Waals surface area contributed by atoms with Gasteiger partial charge in [-0.2, -0.15) is 0 Å². The van der Waals surface area contributed by atoms with Crippen LogP contribution in [0.15, 0.2) is 0 Å². The average Bonchev–Trinajstić information content (AvgIpc) is 3.55. The summed E-state index contributed by atoms with van der Waals surface area (Å²) in [5, 5.41) is 0. The Hall–Kier alpha value is -0.820. The van der Waals surface area contributed by atoms with Gasteiger partial charge in [-0.1, -0.05) is 0 Å². The smallest absolute Gasteiger partial charge is 0.174 e. The lowest BCUT2D eigenvalue weighted by Crippen LogP contribution is -2.73. The number of carbonyl (C=O) groups excluding carboxylic acids is 2.